The van der Waals surface area contributed by atoms with Crippen LogP contribution in [0.4, 0.5) is 29.1 Å². The van der Waals surface area contributed by atoms with Crippen molar-refractivity contribution in [1.29, 1.82) is 0 Å². The highest BCUT2D eigenvalue weighted by Gasteiger charge is 2.30. The molecule has 2 amide bonds. The van der Waals surface area contributed by atoms with E-state index in [2.05, 4.69) is 20.6 Å². The third-order valence-electron chi connectivity index (χ3n) is 5.73. The summed E-state index contributed by atoms with van der Waals surface area (Å²) in [6, 6.07) is 14.3. The topological polar surface area (TPSA) is 88.4 Å². The number of rotatable bonds is 5. The fourth-order valence-corrected chi connectivity index (χ4v) is 3.99. The third-order valence-corrected chi connectivity index (χ3v) is 6.02. The summed E-state index contributed by atoms with van der Waals surface area (Å²) >= 11 is 5.77. The molecule has 5 rings (SSSR count). The molecule has 3 aromatic carbocycles. The molecule has 0 atom stereocenters. The Labute approximate surface area is 223 Å². The molecule has 0 spiro atoms. The SMILES string of the molecule is O=C(Nc1cccc(-c2cnc3c(NC(=O)c4ccc(C(F)(F)F)cc4)nccn23)c1)c1ccc(F)c(Cl)c1. The number of alkyl halides is 3. The van der Waals surface area contributed by atoms with Crippen LogP contribution in [0.3, 0.4) is 0 Å². The van der Waals surface area contributed by atoms with Crippen LogP contribution in [-0.4, -0.2) is 26.2 Å². The third kappa shape index (κ3) is 5.43. The Hall–Kier alpha value is -4.77. The van der Waals surface area contributed by atoms with Crippen molar-refractivity contribution in [2.75, 3.05) is 10.6 Å². The van der Waals surface area contributed by atoms with Gasteiger partial charge in [0.15, 0.2) is 11.5 Å². The first-order chi connectivity index (χ1) is 18.6. The Balaban J connectivity index is 1.38. The number of imidazole rings is 1. The van der Waals surface area contributed by atoms with Crippen molar-refractivity contribution in [3.8, 4) is 11.3 Å². The van der Waals surface area contributed by atoms with E-state index in [0.29, 0.717) is 22.6 Å². The van der Waals surface area contributed by atoms with Crippen LogP contribution in [-0.2, 0) is 6.18 Å². The van der Waals surface area contributed by atoms with Crippen molar-refractivity contribution in [2.45, 2.75) is 6.18 Å². The average molecular weight is 554 g/mol. The Kier molecular flexibility index (Phi) is 6.75. The number of hydrogen-bond acceptors (Lipinski definition) is 4. The summed E-state index contributed by atoms with van der Waals surface area (Å²) < 4.78 is 53.5. The standard InChI is InChI=1S/C27H16ClF4N5O2/c28-20-13-17(6-9-21(20)29)26(39)35-19-3-1-2-16(12-19)22-14-34-24-23(33-10-11-37(22)24)36-25(38)15-4-7-18(8-5-15)27(30,31)32/h1-14H,(H,35,39)(H,33,36,38). The number of carbonyl (C=O) groups excluding carboxylic acids is 2. The number of nitrogens with zero attached hydrogens (tertiary/aromatic N) is 3. The first-order valence-corrected chi connectivity index (χ1v) is 11.7. The lowest BCUT2D eigenvalue weighted by Gasteiger charge is -2.10. The predicted octanol–water partition coefficient (Wildman–Crippen LogP) is 6.71. The average Bonchev–Trinajstić information content (AvgIpc) is 3.35. The maximum atomic E-state index is 13.4. The van der Waals surface area contributed by atoms with Crippen molar-refractivity contribution in [3.63, 3.8) is 0 Å². The summed E-state index contributed by atoms with van der Waals surface area (Å²) in [5.74, 6) is -1.66. The highest BCUT2D eigenvalue weighted by atomic mass is 35.5. The van der Waals surface area contributed by atoms with Gasteiger partial charge in [0.2, 0.25) is 0 Å². The summed E-state index contributed by atoms with van der Waals surface area (Å²) in [7, 11) is 0. The summed E-state index contributed by atoms with van der Waals surface area (Å²) in [6.07, 6.45) is 0.0936. The molecule has 2 aromatic heterocycles. The molecule has 12 heteroatoms. The summed E-state index contributed by atoms with van der Waals surface area (Å²) in [6.45, 7) is 0. The molecule has 2 heterocycles. The first-order valence-electron chi connectivity index (χ1n) is 11.3. The van der Waals surface area contributed by atoms with Crippen LogP contribution in [0.5, 0.6) is 0 Å². The fraction of sp³-hybridized carbons (Fsp3) is 0.0370. The minimum atomic E-state index is -4.51. The fourth-order valence-electron chi connectivity index (χ4n) is 3.81. The van der Waals surface area contributed by atoms with E-state index >= 15 is 0 Å². The Bertz CT molecular complexity index is 1720. The van der Waals surface area contributed by atoms with E-state index in [0.717, 1.165) is 30.3 Å². The zero-order valence-electron chi connectivity index (χ0n) is 19.6. The Morgan fingerprint density at radius 1 is 0.872 bits per heavy atom. The molecular weight excluding hydrogens is 538 g/mol. The van der Waals surface area contributed by atoms with Crippen LogP contribution in [0.1, 0.15) is 26.3 Å². The van der Waals surface area contributed by atoms with Crippen LogP contribution in [0.2, 0.25) is 5.02 Å². The van der Waals surface area contributed by atoms with E-state index in [1.54, 1.807) is 41.1 Å². The molecule has 0 unspecified atom stereocenters. The van der Waals surface area contributed by atoms with Crippen LogP contribution in [0.25, 0.3) is 16.9 Å². The van der Waals surface area contributed by atoms with E-state index in [4.69, 9.17) is 11.6 Å². The minimum Gasteiger partial charge on any atom is -0.322 e. The van der Waals surface area contributed by atoms with Gasteiger partial charge in [0.25, 0.3) is 11.8 Å². The van der Waals surface area contributed by atoms with Gasteiger partial charge in [-0.1, -0.05) is 23.7 Å². The monoisotopic (exact) mass is 553 g/mol. The van der Waals surface area contributed by atoms with Gasteiger partial charge in [-0.3, -0.25) is 14.0 Å². The van der Waals surface area contributed by atoms with E-state index in [-0.39, 0.29) is 22.0 Å². The maximum Gasteiger partial charge on any atom is 0.416 e. The molecule has 5 aromatic rings. The number of halogens is 5. The van der Waals surface area contributed by atoms with E-state index in [1.165, 1.54) is 18.3 Å². The number of fused-ring (bicyclic) bond motifs is 1. The van der Waals surface area contributed by atoms with Crippen LogP contribution < -0.4 is 10.6 Å². The molecule has 39 heavy (non-hydrogen) atoms. The molecule has 7 nitrogen and oxygen atoms in total. The van der Waals surface area contributed by atoms with Crippen molar-refractivity contribution >= 4 is 40.6 Å². The molecule has 0 aliphatic rings. The van der Waals surface area contributed by atoms with E-state index in [1.807, 2.05) is 0 Å². The highest BCUT2D eigenvalue weighted by molar-refractivity contribution is 6.31. The number of benzene rings is 3. The van der Waals surface area contributed by atoms with Gasteiger partial charge in [-0.25, -0.2) is 14.4 Å². The first kappa shape index (κ1) is 25.9. The highest BCUT2D eigenvalue weighted by Crippen LogP contribution is 2.30. The molecule has 0 saturated carbocycles. The molecule has 2 N–H and O–H groups in total. The second-order valence-corrected chi connectivity index (χ2v) is 8.71. The van der Waals surface area contributed by atoms with Crippen LogP contribution in [0, 0.1) is 5.82 Å². The Morgan fingerprint density at radius 2 is 1.59 bits per heavy atom. The van der Waals surface area contributed by atoms with Gasteiger partial charge in [0.1, 0.15) is 5.82 Å². The second kappa shape index (κ2) is 10.2. The zero-order chi connectivity index (χ0) is 27.7. The maximum absolute atomic E-state index is 13.4. The molecule has 0 fully saturated rings. The van der Waals surface area contributed by atoms with Gasteiger partial charge in [-0.2, -0.15) is 13.2 Å². The van der Waals surface area contributed by atoms with E-state index < -0.39 is 29.4 Å². The van der Waals surface area contributed by atoms with Gasteiger partial charge < -0.3 is 10.6 Å². The lowest BCUT2D eigenvalue weighted by Crippen LogP contribution is -2.14. The predicted molar refractivity (Wildman–Crippen MR) is 137 cm³/mol. The summed E-state index contributed by atoms with van der Waals surface area (Å²) in [5.41, 5.74) is 1.37. The molecular formula is C27H16ClF4N5O2. The smallest absolute Gasteiger partial charge is 0.322 e. The van der Waals surface area contributed by atoms with Gasteiger partial charge in [-0.05, 0) is 54.6 Å². The summed E-state index contributed by atoms with van der Waals surface area (Å²) in [4.78, 5) is 33.8. The number of anilines is 2. The number of amides is 2. The van der Waals surface area contributed by atoms with Gasteiger partial charge in [0, 0.05) is 34.8 Å². The lowest BCUT2D eigenvalue weighted by molar-refractivity contribution is -0.137. The zero-order valence-corrected chi connectivity index (χ0v) is 20.4. The van der Waals surface area contributed by atoms with Gasteiger partial charge in [-0.15, -0.1) is 0 Å². The van der Waals surface area contributed by atoms with Crippen molar-refractivity contribution in [2.24, 2.45) is 0 Å². The quantitative estimate of drug-likeness (QED) is 0.237. The van der Waals surface area contributed by atoms with Gasteiger partial charge in [0.05, 0.1) is 22.5 Å². The summed E-state index contributed by atoms with van der Waals surface area (Å²) in [5, 5.41) is 5.14. The largest absolute Gasteiger partial charge is 0.416 e. The van der Waals surface area contributed by atoms with Gasteiger partial charge >= 0.3 is 6.18 Å². The lowest BCUT2D eigenvalue weighted by atomic mass is 10.1. The minimum absolute atomic E-state index is 0.0180. The molecule has 196 valence electrons. The molecule has 0 saturated heterocycles. The van der Waals surface area contributed by atoms with Crippen molar-refractivity contribution in [1.82, 2.24) is 14.4 Å². The number of carbonyl (C=O) groups is 2. The van der Waals surface area contributed by atoms with Crippen molar-refractivity contribution in [3.05, 3.63) is 113 Å². The normalized spacial score (nSPS) is 11.4. The number of hydrogen-bond donors (Lipinski definition) is 2. The van der Waals surface area contributed by atoms with Crippen LogP contribution in [0.15, 0.2) is 85.3 Å². The van der Waals surface area contributed by atoms with Crippen LogP contribution >= 0.6 is 11.6 Å². The number of aromatic nitrogens is 3. The molecule has 0 radical (unpaired) electrons. The Morgan fingerprint density at radius 3 is 2.31 bits per heavy atom. The van der Waals surface area contributed by atoms with E-state index in [9.17, 15) is 27.2 Å². The molecule has 0 aliphatic carbocycles. The molecule has 0 bridgehead atoms. The number of nitrogens with one attached hydrogen (secondary N) is 2. The van der Waals surface area contributed by atoms with Crippen molar-refractivity contribution < 1.29 is 27.2 Å². The molecule has 0 aliphatic heterocycles. The second-order valence-electron chi connectivity index (χ2n) is 8.31.